The molecule has 0 aliphatic carbocycles. The Kier molecular flexibility index (Phi) is 9.52. The van der Waals surface area contributed by atoms with Crippen molar-refractivity contribution in [2.75, 3.05) is 29.3 Å². The van der Waals surface area contributed by atoms with Crippen LogP contribution in [0, 0.1) is 0 Å². The summed E-state index contributed by atoms with van der Waals surface area (Å²) in [6, 6.07) is 28.0. The summed E-state index contributed by atoms with van der Waals surface area (Å²) in [5.74, 6) is -1.03. The highest BCUT2D eigenvalue weighted by molar-refractivity contribution is 7.93. The minimum absolute atomic E-state index is 0.0411. The van der Waals surface area contributed by atoms with Crippen LogP contribution < -0.4 is 19.2 Å². The van der Waals surface area contributed by atoms with E-state index in [0.717, 1.165) is 8.61 Å². The van der Waals surface area contributed by atoms with Crippen LogP contribution in [0.5, 0.6) is 0 Å². The van der Waals surface area contributed by atoms with Gasteiger partial charge in [-0.1, -0.05) is 48.5 Å². The smallest absolute Gasteiger partial charge is 0.264 e. The predicted octanol–water partition coefficient (Wildman–Crippen LogP) is 3.89. The molecule has 0 aliphatic heterocycles. The van der Waals surface area contributed by atoms with E-state index in [4.69, 9.17) is 0 Å². The Hall–Kier alpha value is -4.68. The van der Waals surface area contributed by atoms with E-state index in [1.54, 1.807) is 67.6 Å². The SMILES string of the molecule is C[C@@H](CNC(=O)c1cccc(S(=O)(=O)N(C)c2ccccc2)c1)NC(=O)c1cccc(S(=O)(=O)N(C)c2ccccc2)c1. The molecule has 10 nitrogen and oxygen atoms in total. The van der Waals surface area contributed by atoms with E-state index in [9.17, 15) is 26.4 Å². The van der Waals surface area contributed by atoms with Gasteiger partial charge in [-0.05, 0) is 67.6 Å². The molecule has 4 rings (SSSR count). The highest BCUT2D eigenvalue weighted by atomic mass is 32.2. The van der Waals surface area contributed by atoms with Gasteiger partial charge in [-0.2, -0.15) is 0 Å². The molecule has 0 saturated carbocycles. The number of carbonyl (C=O) groups is 2. The van der Waals surface area contributed by atoms with Crippen molar-refractivity contribution in [2.24, 2.45) is 0 Å². The largest absolute Gasteiger partial charge is 0.350 e. The number of hydrogen-bond acceptors (Lipinski definition) is 6. The Balaban J connectivity index is 1.38. The number of amides is 2. The summed E-state index contributed by atoms with van der Waals surface area (Å²) in [6.07, 6.45) is 0. The lowest BCUT2D eigenvalue weighted by Gasteiger charge is -2.20. The van der Waals surface area contributed by atoms with Crippen LogP contribution in [-0.4, -0.2) is 55.3 Å². The minimum Gasteiger partial charge on any atom is -0.350 e. The van der Waals surface area contributed by atoms with Crippen LogP contribution >= 0.6 is 0 Å². The highest BCUT2D eigenvalue weighted by Gasteiger charge is 2.24. The molecule has 0 bridgehead atoms. The number of sulfonamides is 2. The molecule has 0 spiro atoms. The Morgan fingerprint density at radius 3 is 1.49 bits per heavy atom. The van der Waals surface area contributed by atoms with Crippen molar-refractivity contribution in [3.63, 3.8) is 0 Å². The Labute approximate surface area is 252 Å². The van der Waals surface area contributed by atoms with Crippen molar-refractivity contribution < 1.29 is 26.4 Å². The van der Waals surface area contributed by atoms with Gasteiger partial charge in [-0.25, -0.2) is 16.8 Å². The number of anilines is 2. The molecular weight excluding hydrogens is 588 g/mol. The van der Waals surface area contributed by atoms with E-state index in [1.165, 1.54) is 62.6 Å². The maximum atomic E-state index is 13.1. The van der Waals surface area contributed by atoms with Gasteiger partial charge in [0, 0.05) is 37.8 Å². The first kappa shape index (κ1) is 31.3. The summed E-state index contributed by atoms with van der Waals surface area (Å²) in [5.41, 5.74) is 1.24. The third-order valence-corrected chi connectivity index (χ3v) is 10.3. The number of carbonyl (C=O) groups excluding carboxylic acids is 2. The topological polar surface area (TPSA) is 133 Å². The Morgan fingerprint density at radius 1 is 0.628 bits per heavy atom. The second-order valence-electron chi connectivity index (χ2n) is 9.76. The third-order valence-electron chi connectivity index (χ3n) is 6.70. The second kappa shape index (κ2) is 13.1. The number of nitrogens with one attached hydrogen (secondary N) is 2. The molecule has 1 atom stereocenters. The van der Waals surface area contributed by atoms with Gasteiger partial charge in [-0.3, -0.25) is 18.2 Å². The first-order chi connectivity index (χ1) is 20.4. The van der Waals surface area contributed by atoms with E-state index in [2.05, 4.69) is 10.6 Å². The van der Waals surface area contributed by atoms with E-state index >= 15 is 0 Å². The van der Waals surface area contributed by atoms with Crippen molar-refractivity contribution >= 4 is 43.2 Å². The Morgan fingerprint density at radius 2 is 1.05 bits per heavy atom. The molecule has 0 unspecified atom stereocenters. The third kappa shape index (κ3) is 7.22. The molecule has 4 aromatic carbocycles. The zero-order valence-corrected chi connectivity index (χ0v) is 25.5. The predicted molar refractivity (Wildman–Crippen MR) is 166 cm³/mol. The zero-order chi connectivity index (χ0) is 31.2. The molecule has 4 aromatic rings. The first-order valence-electron chi connectivity index (χ1n) is 13.3. The van der Waals surface area contributed by atoms with Crippen molar-refractivity contribution in [1.82, 2.24) is 10.6 Å². The normalized spacial score (nSPS) is 12.2. The standard InChI is InChI=1S/C31H32N4O6S2/c1-23(33-31(37)25-13-11-19-29(21-25)43(40,41)35(3)27-16-8-5-9-17-27)22-32-30(36)24-12-10-18-28(20-24)42(38,39)34(2)26-14-6-4-7-15-26/h4-21,23H,22H2,1-3H3,(H,32,36)(H,33,37)/t23-/m0/s1. The van der Waals surface area contributed by atoms with E-state index < -0.39 is 37.9 Å². The average molecular weight is 621 g/mol. The van der Waals surface area contributed by atoms with Gasteiger partial charge in [0.2, 0.25) is 0 Å². The fourth-order valence-electron chi connectivity index (χ4n) is 4.17. The van der Waals surface area contributed by atoms with E-state index in [-0.39, 0.29) is 27.5 Å². The van der Waals surface area contributed by atoms with Crippen LogP contribution in [0.3, 0.4) is 0 Å². The number of nitrogens with zero attached hydrogens (tertiary/aromatic N) is 2. The average Bonchev–Trinajstić information content (AvgIpc) is 3.03. The van der Waals surface area contributed by atoms with Crippen molar-refractivity contribution in [3.05, 3.63) is 120 Å². The second-order valence-corrected chi connectivity index (χ2v) is 13.7. The molecule has 0 saturated heterocycles. The summed E-state index contributed by atoms with van der Waals surface area (Å²) >= 11 is 0. The minimum atomic E-state index is -3.91. The van der Waals surface area contributed by atoms with Gasteiger partial charge < -0.3 is 10.6 Å². The number of benzene rings is 4. The molecule has 0 aromatic heterocycles. The highest BCUT2D eigenvalue weighted by Crippen LogP contribution is 2.23. The summed E-state index contributed by atoms with van der Waals surface area (Å²) in [7, 11) is -4.95. The van der Waals surface area contributed by atoms with Gasteiger partial charge in [0.1, 0.15) is 0 Å². The first-order valence-corrected chi connectivity index (χ1v) is 16.2. The number of rotatable bonds is 11. The quantitative estimate of drug-likeness (QED) is 0.262. The molecule has 0 heterocycles. The van der Waals surface area contributed by atoms with Crippen molar-refractivity contribution in [2.45, 2.75) is 22.8 Å². The maximum absolute atomic E-state index is 13.1. The van der Waals surface area contributed by atoms with E-state index in [0.29, 0.717) is 11.4 Å². The molecule has 2 amide bonds. The summed E-state index contributed by atoms with van der Waals surface area (Å²) in [4.78, 5) is 25.7. The van der Waals surface area contributed by atoms with Gasteiger partial charge in [-0.15, -0.1) is 0 Å². The van der Waals surface area contributed by atoms with Crippen LogP contribution in [0.4, 0.5) is 11.4 Å². The summed E-state index contributed by atoms with van der Waals surface area (Å²) in [5, 5.41) is 5.45. The van der Waals surface area contributed by atoms with Gasteiger partial charge in [0.05, 0.1) is 21.2 Å². The van der Waals surface area contributed by atoms with Crippen LogP contribution in [0.25, 0.3) is 0 Å². The van der Waals surface area contributed by atoms with Crippen LogP contribution in [-0.2, 0) is 20.0 Å². The molecule has 2 N–H and O–H groups in total. The van der Waals surface area contributed by atoms with Crippen molar-refractivity contribution in [1.29, 1.82) is 0 Å². The van der Waals surface area contributed by atoms with Crippen LogP contribution in [0.1, 0.15) is 27.6 Å². The number of hydrogen-bond donors (Lipinski definition) is 2. The molecule has 43 heavy (non-hydrogen) atoms. The molecule has 12 heteroatoms. The molecule has 0 radical (unpaired) electrons. The molecular formula is C31H32N4O6S2. The zero-order valence-electron chi connectivity index (χ0n) is 23.8. The van der Waals surface area contributed by atoms with Crippen LogP contribution in [0.2, 0.25) is 0 Å². The summed E-state index contributed by atoms with van der Waals surface area (Å²) < 4.78 is 54.8. The lowest BCUT2D eigenvalue weighted by molar-refractivity contribution is 0.0912. The van der Waals surface area contributed by atoms with Gasteiger partial charge in [0.15, 0.2) is 0 Å². The van der Waals surface area contributed by atoms with Crippen molar-refractivity contribution in [3.8, 4) is 0 Å². The van der Waals surface area contributed by atoms with Gasteiger partial charge >= 0.3 is 0 Å². The van der Waals surface area contributed by atoms with Gasteiger partial charge in [0.25, 0.3) is 31.9 Å². The molecule has 0 fully saturated rings. The fourth-order valence-corrected chi connectivity index (χ4v) is 6.66. The molecule has 224 valence electrons. The fraction of sp³-hybridized carbons (Fsp3) is 0.161. The van der Waals surface area contributed by atoms with E-state index in [1.807, 2.05) is 0 Å². The monoisotopic (exact) mass is 620 g/mol. The lowest BCUT2D eigenvalue weighted by Crippen LogP contribution is -2.42. The molecule has 0 aliphatic rings. The lowest BCUT2D eigenvalue weighted by atomic mass is 10.2. The van der Waals surface area contributed by atoms with Crippen LogP contribution in [0.15, 0.2) is 119 Å². The number of para-hydroxylation sites is 2. The Bertz CT molecular complexity index is 1820. The maximum Gasteiger partial charge on any atom is 0.264 e. The summed E-state index contributed by atoms with van der Waals surface area (Å²) in [6.45, 7) is 1.72.